The maximum absolute atomic E-state index is 14.3. The van der Waals surface area contributed by atoms with Gasteiger partial charge in [0.25, 0.3) is 5.91 Å². The van der Waals surface area contributed by atoms with Crippen LogP contribution in [0.15, 0.2) is 49.2 Å². The summed E-state index contributed by atoms with van der Waals surface area (Å²) in [6, 6.07) is 6.88. The molecular weight excluding hydrogens is 614 g/mol. The van der Waals surface area contributed by atoms with Crippen LogP contribution in [0.1, 0.15) is 54.4 Å². The summed E-state index contributed by atoms with van der Waals surface area (Å²) in [6.07, 6.45) is 2.67. The summed E-state index contributed by atoms with van der Waals surface area (Å²) in [5, 5.41) is 6.15. The number of sulfonamides is 1. The Morgan fingerprint density at radius 2 is 1.78 bits per heavy atom. The van der Waals surface area contributed by atoms with Crippen LogP contribution in [0.4, 0.5) is 4.79 Å². The molecule has 0 radical (unpaired) electrons. The Labute approximate surface area is 269 Å². The van der Waals surface area contributed by atoms with Crippen LogP contribution in [0, 0.1) is 11.3 Å². The van der Waals surface area contributed by atoms with Gasteiger partial charge in [-0.05, 0) is 50.8 Å². The van der Waals surface area contributed by atoms with E-state index < -0.39 is 74.5 Å². The predicted octanol–water partition coefficient (Wildman–Crippen LogP) is 2.66. The number of alkyl carbamates (subject to hydrolysis) is 1. The summed E-state index contributed by atoms with van der Waals surface area (Å²) in [6.45, 7) is 14.1. The number of para-hydroxylation sites is 1. The third-order valence-corrected chi connectivity index (χ3v) is 8.41. The van der Waals surface area contributed by atoms with Crippen molar-refractivity contribution in [3.63, 3.8) is 0 Å². The number of pyridine rings is 1. The summed E-state index contributed by atoms with van der Waals surface area (Å²) in [5.74, 6) is -2.11. The first kappa shape index (κ1) is 34.7. The zero-order valence-electron chi connectivity index (χ0n) is 27.2. The lowest BCUT2D eigenvalue weighted by atomic mass is 9.85. The Hall–Kier alpha value is -4.20. The van der Waals surface area contributed by atoms with E-state index in [0.717, 1.165) is 11.6 Å². The van der Waals surface area contributed by atoms with Crippen molar-refractivity contribution < 1.29 is 37.1 Å². The molecule has 5 unspecified atom stereocenters. The molecule has 13 nitrogen and oxygen atoms in total. The summed E-state index contributed by atoms with van der Waals surface area (Å²) in [4.78, 5) is 59.8. The van der Waals surface area contributed by atoms with E-state index in [4.69, 9.17) is 9.47 Å². The highest BCUT2D eigenvalue weighted by Gasteiger charge is 2.61. The van der Waals surface area contributed by atoms with Gasteiger partial charge in [0, 0.05) is 23.9 Å². The van der Waals surface area contributed by atoms with Gasteiger partial charge in [-0.2, -0.15) is 0 Å². The first-order valence-electron chi connectivity index (χ1n) is 15.0. The summed E-state index contributed by atoms with van der Waals surface area (Å²) >= 11 is 0. The molecule has 1 aromatic heterocycles. The average molecular weight is 658 g/mol. The molecule has 14 heteroatoms. The lowest BCUT2D eigenvalue weighted by Gasteiger charge is -2.36. The Balaban J connectivity index is 1.66. The molecule has 0 spiro atoms. The fourth-order valence-electron chi connectivity index (χ4n) is 5.56. The van der Waals surface area contributed by atoms with Crippen molar-refractivity contribution in [1.29, 1.82) is 0 Å². The topological polar surface area (TPSA) is 173 Å². The number of aromatic nitrogens is 1. The maximum atomic E-state index is 14.3. The van der Waals surface area contributed by atoms with E-state index in [1.165, 1.54) is 11.0 Å². The van der Waals surface area contributed by atoms with E-state index in [1.807, 2.05) is 29.0 Å². The van der Waals surface area contributed by atoms with E-state index in [9.17, 15) is 27.6 Å². The van der Waals surface area contributed by atoms with Gasteiger partial charge in [-0.3, -0.25) is 24.1 Å². The fourth-order valence-corrected chi connectivity index (χ4v) is 6.08. The molecule has 2 aliphatic rings. The first-order chi connectivity index (χ1) is 21.2. The van der Waals surface area contributed by atoms with Crippen LogP contribution < -0.4 is 20.1 Å². The van der Waals surface area contributed by atoms with Crippen LogP contribution in [0.25, 0.3) is 10.9 Å². The Bertz CT molecular complexity index is 1640. The second-order valence-corrected chi connectivity index (χ2v) is 15.7. The number of hydrogen-bond acceptors (Lipinski definition) is 9. The molecule has 250 valence electrons. The number of carbonyl (C=O) groups excluding carboxylic acids is 4. The maximum Gasteiger partial charge on any atom is 0.408 e. The van der Waals surface area contributed by atoms with Gasteiger partial charge in [0.15, 0.2) is 0 Å². The average Bonchev–Trinajstić information content (AvgIpc) is 3.48. The summed E-state index contributed by atoms with van der Waals surface area (Å²) in [5.41, 5.74) is -2.45. The smallest absolute Gasteiger partial charge is 0.408 e. The summed E-state index contributed by atoms with van der Waals surface area (Å²) < 4.78 is 37.5. The number of hydrogen-bond donors (Lipinski definition) is 3. The zero-order valence-corrected chi connectivity index (χ0v) is 28.1. The van der Waals surface area contributed by atoms with Gasteiger partial charge in [-0.1, -0.05) is 39.0 Å². The first-order valence-corrected chi connectivity index (χ1v) is 16.9. The van der Waals surface area contributed by atoms with Crippen molar-refractivity contribution in [2.75, 3.05) is 12.8 Å². The van der Waals surface area contributed by atoms with Gasteiger partial charge in [-0.25, -0.2) is 13.2 Å². The van der Waals surface area contributed by atoms with Crippen molar-refractivity contribution >= 4 is 44.7 Å². The Morgan fingerprint density at radius 3 is 2.37 bits per heavy atom. The van der Waals surface area contributed by atoms with Crippen LogP contribution in [0.2, 0.25) is 0 Å². The third kappa shape index (κ3) is 7.95. The minimum Gasteiger partial charge on any atom is -0.488 e. The van der Waals surface area contributed by atoms with Crippen molar-refractivity contribution in [2.45, 2.75) is 83.7 Å². The van der Waals surface area contributed by atoms with Crippen LogP contribution in [0.3, 0.4) is 0 Å². The SMILES string of the molecule is C=CC1CC1(NC(=O)C1CC(Oc2ccnc3ccccc23)CN1C(=O)C(NC(=O)OC(C)(C)C)C(C)(C)C)C(=O)NS(C)(=O)=O. The van der Waals surface area contributed by atoms with Gasteiger partial charge in [0.1, 0.15) is 35.1 Å². The monoisotopic (exact) mass is 657 g/mol. The number of likely N-dealkylation sites (tertiary alicyclic amines) is 1. The van der Waals surface area contributed by atoms with Crippen LogP contribution in [-0.2, 0) is 29.1 Å². The number of nitrogens with one attached hydrogen (secondary N) is 3. The molecule has 4 amide bonds. The number of fused-ring (bicyclic) bond motifs is 1. The van der Waals surface area contributed by atoms with Gasteiger partial charge < -0.3 is 25.0 Å². The highest BCUT2D eigenvalue weighted by molar-refractivity contribution is 7.89. The molecule has 0 bridgehead atoms. The van der Waals surface area contributed by atoms with Gasteiger partial charge in [0.05, 0.1) is 18.3 Å². The minimum absolute atomic E-state index is 0.0103. The Morgan fingerprint density at radius 1 is 1.11 bits per heavy atom. The minimum atomic E-state index is -3.92. The van der Waals surface area contributed by atoms with Gasteiger partial charge >= 0.3 is 6.09 Å². The quantitative estimate of drug-likeness (QED) is 0.343. The molecule has 2 aromatic rings. The molecule has 1 aliphatic carbocycles. The second kappa shape index (κ2) is 12.5. The van der Waals surface area contributed by atoms with E-state index in [2.05, 4.69) is 22.2 Å². The van der Waals surface area contributed by atoms with Crippen LogP contribution in [-0.4, -0.2) is 84.2 Å². The number of rotatable bonds is 9. The van der Waals surface area contributed by atoms with Crippen LogP contribution >= 0.6 is 0 Å². The number of nitrogens with zero attached hydrogens (tertiary/aromatic N) is 2. The highest BCUT2D eigenvalue weighted by Crippen LogP contribution is 2.45. The number of benzene rings is 1. The third-order valence-electron chi connectivity index (χ3n) is 7.85. The molecule has 1 aliphatic heterocycles. The van der Waals surface area contributed by atoms with Crippen molar-refractivity contribution in [3.05, 3.63) is 49.2 Å². The molecule has 1 aromatic carbocycles. The number of amides is 4. The molecule has 1 saturated carbocycles. The second-order valence-electron chi connectivity index (χ2n) is 14.0. The molecular formula is C32H43N5O8S. The van der Waals surface area contributed by atoms with Crippen molar-refractivity contribution in [1.82, 2.24) is 25.2 Å². The molecule has 2 heterocycles. The van der Waals surface area contributed by atoms with Crippen molar-refractivity contribution in [3.8, 4) is 5.75 Å². The lowest BCUT2D eigenvalue weighted by molar-refractivity contribution is -0.143. The molecule has 4 rings (SSSR count). The standard InChI is InChI=1S/C32H43N5O8S/c1-9-19-17-32(19,28(40)36-46(8,42)43)35-26(38)23-16-20(44-24-14-15-33-22-13-11-10-12-21(22)24)18-37(23)27(39)25(30(2,3)4)34-29(41)45-31(5,6)7/h9-15,19-20,23,25H,1,16-18H2,2-8H3,(H,34,41)(H,35,38)(H,36,40). The van der Waals surface area contributed by atoms with Crippen molar-refractivity contribution in [2.24, 2.45) is 11.3 Å². The lowest BCUT2D eigenvalue weighted by Crippen LogP contribution is -2.60. The van der Waals surface area contributed by atoms with E-state index in [-0.39, 0.29) is 19.4 Å². The normalized spacial score (nSPS) is 23.6. The number of carbonyl (C=O) groups is 4. The van der Waals surface area contributed by atoms with E-state index in [1.54, 1.807) is 53.8 Å². The Kier molecular flexibility index (Phi) is 9.45. The zero-order chi connectivity index (χ0) is 34.2. The van der Waals surface area contributed by atoms with Gasteiger partial charge in [0.2, 0.25) is 21.8 Å². The number of ether oxygens (including phenoxy) is 2. The van der Waals surface area contributed by atoms with Gasteiger partial charge in [-0.15, -0.1) is 6.58 Å². The fraction of sp³-hybridized carbons (Fsp3) is 0.531. The van der Waals surface area contributed by atoms with Crippen LogP contribution in [0.5, 0.6) is 5.75 Å². The molecule has 1 saturated heterocycles. The highest BCUT2D eigenvalue weighted by atomic mass is 32.2. The molecule has 3 N–H and O–H groups in total. The summed E-state index contributed by atoms with van der Waals surface area (Å²) in [7, 11) is -3.92. The van der Waals surface area contributed by atoms with E-state index >= 15 is 0 Å². The molecule has 5 atom stereocenters. The molecule has 2 fully saturated rings. The molecule has 46 heavy (non-hydrogen) atoms. The largest absolute Gasteiger partial charge is 0.488 e. The van der Waals surface area contributed by atoms with E-state index in [0.29, 0.717) is 11.3 Å². The predicted molar refractivity (Wildman–Crippen MR) is 171 cm³/mol.